The minimum absolute atomic E-state index is 0.00349. The second-order valence-electron chi connectivity index (χ2n) is 4.92. The lowest BCUT2D eigenvalue weighted by Gasteiger charge is -2.24. The van der Waals surface area contributed by atoms with Gasteiger partial charge in [-0.15, -0.1) is 0 Å². The van der Waals surface area contributed by atoms with Crippen LogP contribution >= 0.6 is 23.2 Å². The van der Waals surface area contributed by atoms with E-state index in [1.165, 1.54) is 12.1 Å². The average Bonchev–Trinajstić information content (AvgIpc) is 2.78. The maximum absolute atomic E-state index is 13.4. The number of ether oxygens (including phenoxy) is 1. The summed E-state index contributed by atoms with van der Waals surface area (Å²) in [6.45, 7) is 3.10. The first kappa shape index (κ1) is 15.0. The normalized spacial score (nSPS) is 24.7. The minimum Gasteiger partial charge on any atom is -0.386 e. The first-order valence-electron chi connectivity index (χ1n) is 6.09. The second-order valence-corrected chi connectivity index (χ2v) is 5.73. The fourth-order valence-corrected chi connectivity index (χ4v) is 2.61. The van der Waals surface area contributed by atoms with Gasteiger partial charge in [-0.25, -0.2) is 4.39 Å². The SMILES string of the molecule is CC(NCC1(O)CCOC1)c1cc(F)c(Cl)cc1Cl. The van der Waals surface area contributed by atoms with Crippen molar-refractivity contribution in [2.45, 2.75) is 25.0 Å². The average molecular weight is 308 g/mol. The van der Waals surface area contributed by atoms with E-state index in [0.29, 0.717) is 36.8 Å². The van der Waals surface area contributed by atoms with Gasteiger partial charge < -0.3 is 15.2 Å². The number of hydrogen-bond donors (Lipinski definition) is 2. The van der Waals surface area contributed by atoms with E-state index in [9.17, 15) is 9.50 Å². The van der Waals surface area contributed by atoms with Crippen molar-refractivity contribution in [2.24, 2.45) is 0 Å². The van der Waals surface area contributed by atoms with E-state index in [0.717, 1.165) is 0 Å². The van der Waals surface area contributed by atoms with Gasteiger partial charge in [-0.3, -0.25) is 0 Å². The van der Waals surface area contributed by atoms with Crippen LogP contribution in [0.15, 0.2) is 12.1 Å². The van der Waals surface area contributed by atoms with E-state index in [-0.39, 0.29) is 11.1 Å². The predicted octanol–water partition coefficient (Wildman–Crippen LogP) is 2.93. The molecule has 1 aromatic rings. The number of aliphatic hydroxyl groups is 1. The van der Waals surface area contributed by atoms with Crippen LogP contribution in [0, 0.1) is 5.82 Å². The molecule has 6 heteroatoms. The van der Waals surface area contributed by atoms with Gasteiger partial charge in [0.15, 0.2) is 0 Å². The Morgan fingerprint density at radius 3 is 2.84 bits per heavy atom. The Kier molecular flexibility index (Phi) is 4.69. The van der Waals surface area contributed by atoms with Crippen molar-refractivity contribution in [2.75, 3.05) is 19.8 Å². The molecule has 0 aromatic heterocycles. The van der Waals surface area contributed by atoms with Gasteiger partial charge in [-0.1, -0.05) is 23.2 Å². The molecule has 1 aliphatic rings. The van der Waals surface area contributed by atoms with E-state index >= 15 is 0 Å². The molecule has 19 heavy (non-hydrogen) atoms. The molecule has 1 aliphatic heterocycles. The third-order valence-electron chi connectivity index (χ3n) is 3.33. The molecule has 2 unspecified atom stereocenters. The highest BCUT2D eigenvalue weighted by Crippen LogP contribution is 2.29. The largest absolute Gasteiger partial charge is 0.386 e. The highest BCUT2D eigenvalue weighted by Gasteiger charge is 2.32. The van der Waals surface area contributed by atoms with Crippen LogP contribution in [-0.4, -0.2) is 30.5 Å². The quantitative estimate of drug-likeness (QED) is 0.840. The van der Waals surface area contributed by atoms with Gasteiger partial charge in [0.1, 0.15) is 11.4 Å². The molecule has 1 saturated heterocycles. The minimum atomic E-state index is -0.855. The first-order valence-corrected chi connectivity index (χ1v) is 6.85. The lowest BCUT2D eigenvalue weighted by atomic mass is 10.0. The summed E-state index contributed by atoms with van der Waals surface area (Å²) >= 11 is 11.7. The number of rotatable bonds is 4. The van der Waals surface area contributed by atoms with Gasteiger partial charge in [-0.05, 0) is 24.6 Å². The molecule has 0 spiro atoms. The Bertz CT molecular complexity index is 464. The zero-order valence-electron chi connectivity index (χ0n) is 10.5. The third-order valence-corrected chi connectivity index (χ3v) is 3.94. The third kappa shape index (κ3) is 3.58. The Labute approximate surface area is 121 Å². The molecule has 3 nitrogen and oxygen atoms in total. The molecule has 106 valence electrons. The van der Waals surface area contributed by atoms with Gasteiger partial charge in [-0.2, -0.15) is 0 Å². The Hall–Kier alpha value is -0.390. The summed E-state index contributed by atoms with van der Waals surface area (Å²) in [5, 5.41) is 13.7. The number of benzene rings is 1. The molecule has 0 aliphatic carbocycles. The summed E-state index contributed by atoms with van der Waals surface area (Å²) in [6.07, 6.45) is 0.593. The van der Waals surface area contributed by atoms with E-state index in [4.69, 9.17) is 27.9 Å². The van der Waals surface area contributed by atoms with Crippen molar-refractivity contribution in [3.63, 3.8) is 0 Å². The molecule has 0 bridgehead atoms. The summed E-state index contributed by atoms with van der Waals surface area (Å²) in [4.78, 5) is 0. The second kappa shape index (κ2) is 5.94. The fraction of sp³-hybridized carbons (Fsp3) is 0.538. The van der Waals surface area contributed by atoms with Crippen LogP contribution in [0.2, 0.25) is 10.0 Å². The molecule has 0 saturated carbocycles. The van der Waals surface area contributed by atoms with Crippen molar-refractivity contribution < 1.29 is 14.2 Å². The molecule has 1 heterocycles. The fourth-order valence-electron chi connectivity index (χ4n) is 2.06. The molecule has 2 N–H and O–H groups in total. The Morgan fingerprint density at radius 2 is 2.21 bits per heavy atom. The van der Waals surface area contributed by atoms with Gasteiger partial charge >= 0.3 is 0 Å². The zero-order valence-corrected chi connectivity index (χ0v) is 12.1. The van der Waals surface area contributed by atoms with Crippen molar-refractivity contribution in [1.82, 2.24) is 5.32 Å². The lowest BCUT2D eigenvalue weighted by Crippen LogP contribution is -2.41. The van der Waals surface area contributed by atoms with E-state index in [1.807, 2.05) is 6.92 Å². The van der Waals surface area contributed by atoms with Gasteiger partial charge in [0.05, 0.1) is 11.6 Å². The standard InChI is InChI=1S/C13H16Cl2FNO2/c1-8(17-6-13(18)2-3-19-7-13)9-4-12(16)11(15)5-10(9)14/h4-5,8,17-18H,2-3,6-7H2,1H3. The van der Waals surface area contributed by atoms with Crippen molar-refractivity contribution >= 4 is 23.2 Å². The van der Waals surface area contributed by atoms with E-state index in [2.05, 4.69) is 5.32 Å². The lowest BCUT2D eigenvalue weighted by molar-refractivity contribution is 0.0252. The highest BCUT2D eigenvalue weighted by atomic mass is 35.5. The number of hydrogen-bond acceptors (Lipinski definition) is 3. The maximum atomic E-state index is 13.4. The van der Waals surface area contributed by atoms with E-state index in [1.54, 1.807) is 0 Å². The van der Waals surface area contributed by atoms with Gasteiger partial charge in [0.25, 0.3) is 0 Å². The Morgan fingerprint density at radius 1 is 1.47 bits per heavy atom. The molecule has 2 rings (SSSR count). The van der Waals surface area contributed by atoms with Crippen LogP contribution < -0.4 is 5.32 Å². The summed E-state index contributed by atoms with van der Waals surface area (Å²) in [5.41, 5.74) is -0.239. The van der Waals surface area contributed by atoms with Crippen molar-refractivity contribution in [1.29, 1.82) is 0 Å². The monoisotopic (exact) mass is 307 g/mol. The molecule has 0 amide bonds. The molecule has 1 aromatic carbocycles. The van der Waals surface area contributed by atoms with Crippen molar-refractivity contribution in [3.05, 3.63) is 33.6 Å². The van der Waals surface area contributed by atoms with Crippen molar-refractivity contribution in [3.8, 4) is 0 Å². The molecular formula is C13H16Cl2FNO2. The Balaban J connectivity index is 2.03. The van der Waals surface area contributed by atoms with Crippen LogP contribution in [0.25, 0.3) is 0 Å². The summed E-state index contributed by atoms with van der Waals surface area (Å²) < 4.78 is 18.6. The van der Waals surface area contributed by atoms with E-state index < -0.39 is 11.4 Å². The molecule has 2 atom stereocenters. The molecular weight excluding hydrogens is 292 g/mol. The zero-order chi connectivity index (χ0) is 14.0. The van der Waals surface area contributed by atoms with Crippen LogP contribution in [0.4, 0.5) is 4.39 Å². The van der Waals surface area contributed by atoms with Gasteiger partial charge in [0, 0.05) is 30.6 Å². The summed E-state index contributed by atoms with van der Waals surface area (Å²) in [7, 11) is 0. The molecule has 1 fully saturated rings. The predicted molar refractivity (Wildman–Crippen MR) is 73.2 cm³/mol. The summed E-state index contributed by atoms with van der Waals surface area (Å²) in [6, 6.07) is 2.51. The van der Waals surface area contributed by atoms with Crippen LogP contribution in [-0.2, 0) is 4.74 Å². The van der Waals surface area contributed by atoms with Gasteiger partial charge in [0.2, 0.25) is 0 Å². The van der Waals surface area contributed by atoms with Crippen LogP contribution in [0.3, 0.4) is 0 Å². The first-order chi connectivity index (χ1) is 8.91. The maximum Gasteiger partial charge on any atom is 0.142 e. The highest BCUT2D eigenvalue weighted by molar-refractivity contribution is 6.35. The van der Waals surface area contributed by atoms with Crippen LogP contribution in [0.5, 0.6) is 0 Å². The molecule has 0 radical (unpaired) electrons. The smallest absolute Gasteiger partial charge is 0.142 e. The summed E-state index contributed by atoms with van der Waals surface area (Å²) in [5.74, 6) is -0.502. The number of halogens is 3. The van der Waals surface area contributed by atoms with Crippen LogP contribution in [0.1, 0.15) is 24.9 Å². The topological polar surface area (TPSA) is 41.5 Å². The number of nitrogens with one attached hydrogen (secondary N) is 1.